The number of aliphatic hydroxyl groups is 1. The maximum absolute atomic E-state index is 10.9. The zero-order valence-electron chi connectivity index (χ0n) is 15.0. The van der Waals surface area contributed by atoms with E-state index < -0.39 is 32.4 Å². The molecule has 3 fully saturated rings. The van der Waals surface area contributed by atoms with Crippen LogP contribution in [0, 0.1) is 0 Å². The van der Waals surface area contributed by atoms with Gasteiger partial charge in [0, 0.05) is 6.04 Å². The van der Waals surface area contributed by atoms with Crippen LogP contribution < -0.4 is 11.1 Å². The summed E-state index contributed by atoms with van der Waals surface area (Å²) in [6.07, 6.45) is 2.33. The molecule has 5 rings (SSSR count). The van der Waals surface area contributed by atoms with Gasteiger partial charge in [0.15, 0.2) is 29.3 Å². The van der Waals surface area contributed by atoms with E-state index in [2.05, 4.69) is 20.3 Å². The molecule has 0 bridgehead atoms. The van der Waals surface area contributed by atoms with E-state index in [1.165, 1.54) is 6.33 Å². The summed E-state index contributed by atoms with van der Waals surface area (Å²) in [5.74, 6) is 0.737. The molecule has 2 aromatic rings. The lowest BCUT2D eigenvalue weighted by molar-refractivity contribution is -0.0597. The second kappa shape index (κ2) is 6.75. The van der Waals surface area contributed by atoms with E-state index in [9.17, 15) is 10.00 Å². The van der Waals surface area contributed by atoms with Crippen LogP contribution in [0.15, 0.2) is 6.33 Å². The Morgan fingerprint density at radius 1 is 1.32 bits per heavy atom. The molecule has 3 aliphatic rings. The molecule has 2 aromatic heterocycles. The fourth-order valence-electron chi connectivity index (χ4n) is 4.10. The van der Waals surface area contributed by atoms with Crippen LogP contribution in [-0.4, -0.2) is 68.0 Å². The van der Waals surface area contributed by atoms with E-state index in [-0.39, 0.29) is 18.5 Å². The highest BCUT2D eigenvalue weighted by molar-refractivity contribution is 7.85. The predicted octanol–water partition coefficient (Wildman–Crippen LogP) is 0.275. The molecule has 0 aromatic carbocycles. The Kier molecular flexibility index (Phi) is 4.46. The van der Waals surface area contributed by atoms with Crippen molar-refractivity contribution >= 4 is 38.3 Å². The first-order chi connectivity index (χ1) is 13.4. The fraction of sp³-hybridized carbons (Fsp3) is 0.667. The third-order valence-corrected chi connectivity index (χ3v) is 6.52. The van der Waals surface area contributed by atoms with Gasteiger partial charge in [-0.3, -0.25) is 4.57 Å². The Balaban J connectivity index is 1.55. The van der Waals surface area contributed by atoms with Crippen LogP contribution in [0.2, 0.25) is 0 Å². The number of aromatic nitrogens is 4. The minimum Gasteiger partial charge on any atom is -0.385 e. The zero-order valence-corrected chi connectivity index (χ0v) is 15.9. The molecule has 1 aliphatic carbocycles. The molecule has 1 saturated carbocycles. The summed E-state index contributed by atoms with van der Waals surface area (Å²) in [6.45, 7) is 0.0220. The first kappa shape index (κ1) is 18.5. The van der Waals surface area contributed by atoms with E-state index in [1.807, 2.05) is 0 Å². The zero-order chi connectivity index (χ0) is 19.5. The molecule has 0 spiro atoms. The summed E-state index contributed by atoms with van der Waals surface area (Å²) < 4.78 is 18.2. The standard InChI is InChI=1S/C15H21BN6O5P/c16-28(24)25-5-8-11(27-28)10(23)14(26-8)22-13-9(12(17)18-6-19-13)21-15(22)20-7-3-1-2-4-7/h6-8,10-11,14,23-24H,1-5H2,(H,20,21)(H2,17,18,19)/q+1/t8-,10?,11-,14-,28?/m1/s1. The van der Waals surface area contributed by atoms with Gasteiger partial charge in [-0.2, -0.15) is 9.05 Å². The van der Waals surface area contributed by atoms with Crippen molar-refractivity contribution in [3.63, 3.8) is 0 Å². The average molecular weight is 407 g/mol. The molecule has 148 valence electrons. The predicted molar refractivity (Wildman–Crippen MR) is 101 cm³/mol. The smallest absolute Gasteiger partial charge is 0.385 e. The second-order valence-electron chi connectivity index (χ2n) is 7.35. The maximum atomic E-state index is 10.9. The summed E-state index contributed by atoms with van der Waals surface area (Å²) in [7, 11) is 2.13. The Morgan fingerprint density at radius 2 is 2.11 bits per heavy atom. The number of nitrogen functional groups attached to an aromatic ring is 1. The average Bonchev–Trinajstić information content (AvgIpc) is 3.35. The molecule has 5 atom stereocenters. The Hall–Kier alpha value is -1.56. The number of imidazole rings is 1. The summed E-state index contributed by atoms with van der Waals surface area (Å²) in [5.41, 5.74) is 6.85. The lowest BCUT2D eigenvalue weighted by Crippen LogP contribution is -2.40. The number of rotatable bonds is 3. The molecule has 2 aliphatic heterocycles. The van der Waals surface area contributed by atoms with Crippen LogP contribution in [-0.2, 0) is 13.8 Å². The number of nitrogens with one attached hydrogen (secondary N) is 1. The van der Waals surface area contributed by atoms with Crippen LogP contribution in [0.4, 0.5) is 11.8 Å². The normalized spacial score (nSPS) is 36.1. The van der Waals surface area contributed by atoms with Gasteiger partial charge < -0.3 is 20.9 Å². The van der Waals surface area contributed by atoms with Gasteiger partial charge in [-0.25, -0.2) is 19.8 Å². The minimum absolute atomic E-state index is 0.0220. The number of anilines is 2. The summed E-state index contributed by atoms with van der Waals surface area (Å²) in [6, 6.07) is 0.269. The summed E-state index contributed by atoms with van der Waals surface area (Å²) in [4.78, 5) is 22.8. The van der Waals surface area contributed by atoms with Crippen LogP contribution in [0.25, 0.3) is 11.2 Å². The fourth-order valence-corrected chi connectivity index (χ4v) is 5.13. The summed E-state index contributed by atoms with van der Waals surface area (Å²) >= 11 is 0. The van der Waals surface area contributed by atoms with E-state index in [1.54, 1.807) is 4.57 Å². The molecular weight excluding hydrogens is 386 g/mol. The van der Waals surface area contributed by atoms with Crippen LogP contribution in [0.5, 0.6) is 0 Å². The van der Waals surface area contributed by atoms with Gasteiger partial charge in [-0.1, -0.05) is 12.8 Å². The van der Waals surface area contributed by atoms with Gasteiger partial charge in [0.2, 0.25) is 5.95 Å². The van der Waals surface area contributed by atoms with Crippen LogP contribution >= 0.6 is 7.82 Å². The SMILES string of the molecule is [B][P+]1(O)OC[C@H]2O[C@@H](n3c(NC4CCCC4)nc4c(N)ncnc43)C(O)[C@@H]2O1. The van der Waals surface area contributed by atoms with Gasteiger partial charge in [-0.05, 0) is 12.8 Å². The maximum Gasteiger partial charge on any atom is 0.488 e. The van der Waals surface area contributed by atoms with Crippen LogP contribution in [0.1, 0.15) is 31.9 Å². The molecule has 2 saturated heterocycles. The number of fused-ring (bicyclic) bond motifs is 2. The van der Waals surface area contributed by atoms with Crippen molar-refractivity contribution in [2.45, 2.75) is 56.3 Å². The molecule has 28 heavy (non-hydrogen) atoms. The molecule has 5 N–H and O–H groups in total. The first-order valence-electron chi connectivity index (χ1n) is 9.25. The molecular formula is C15H21BN6O5P+. The number of ether oxygens (including phenoxy) is 1. The van der Waals surface area contributed by atoms with E-state index in [0.717, 1.165) is 25.7 Å². The lowest BCUT2D eigenvalue weighted by atomic mass is 10.1. The molecule has 4 heterocycles. The number of nitrogens with two attached hydrogens (primary N) is 1. The van der Waals surface area contributed by atoms with Gasteiger partial charge in [0.05, 0.1) is 0 Å². The topological polar surface area (TPSA) is 150 Å². The molecule has 13 heteroatoms. The monoisotopic (exact) mass is 407 g/mol. The molecule has 2 unspecified atom stereocenters. The van der Waals surface area contributed by atoms with Crippen molar-refractivity contribution < 1.29 is 23.8 Å². The van der Waals surface area contributed by atoms with E-state index in [0.29, 0.717) is 17.1 Å². The van der Waals surface area contributed by atoms with Gasteiger partial charge >= 0.3 is 15.4 Å². The quantitative estimate of drug-likeness (QED) is 0.413. The molecule has 0 amide bonds. The second-order valence-corrected chi connectivity index (χ2v) is 8.95. The Labute approximate surface area is 162 Å². The van der Waals surface area contributed by atoms with Crippen molar-refractivity contribution in [1.29, 1.82) is 0 Å². The van der Waals surface area contributed by atoms with Gasteiger partial charge in [0.25, 0.3) is 0 Å². The lowest BCUT2D eigenvalue weighted by Gasteiger charge is -2.27. The number of nitrogens with zero attached hydrogens (tertiary/aromatic N) is 4. The van der Waals surface area contributed by atoms with Gasteiger partial charge in [0.1, 0.15) is 25.1 Å². The highest BCUT2D eigenvalue weighted by Gasteiger charge is 2.57. The third-order valence-electron chi connectivity index (χ3n) is 5.45. The van der Waals surface area contributed by atoms with Crippen molar-refractivity contribution in [2.75, 3.05) is 17.7 Å². The number of aliphatic hydroxyl groups excluding tert-OH is 1. The highest BCUT2D eigenvalue weighted by Crippen LogP contribution is 2.58. The van der Waals surface area contributed by atoms with Crippen molar-refractivity contribution in [2.24, 2.45) is 0 Å². The highest BCUT2D eigenvalue weighted by atomic mass is 31.2. The Bertz CT molecular complexity index is 893. The molecule has 11 nitrogen and oxygen atoms in total. The summed E-state index contributed by atoms with van der Waals surface area (Å²) in [5, 5.41) is 14.3. The number of hydrogen-bond donors (Lipinski definition) is 4. The van der Waals surface area contributed by atoms with E-state index >= 15 is 0 Å². The van der Waals surface area contributed by atoms with Crippen molar-refractivity contribution in [3.8, 4) is 0 Å². The molecule has 2 radical (unpaired) electrons. The van der Waals surface area contributed by atoms with E-state index in [4.69, 9.17) is 27.1 Å². The number of hydrogen-bond acceptors (Lipinski definition) is 10. The third kappa shape index (κ3) is 3.04. The van der Waals surface area contributed by atoms with Gasteiger partial charge in [-0.15, -0.1) is 0 Å². The Morgan fingerprint density at radius 3 is 2.89 bits per heavy atom. The van der Waals surface area contributed by atoms with Crippen molar-refractivity contribution in [1.82, 2.24) is 19.5 Å². The first-order valence-corrected chi connectivity index (χ1v) is 10.9. The van der Waals surface area contributed by atoms with Crippen molar-refractivity contribution in [3.05, 3.63) is 6.33 Å². The largest absolute Gasteiger partial charge is 0.488 e. The van der Waals surface area contributed by atoms with Crippen LogP contribution in [0.3, 0.4) is 0 Å². The minimum atomic E-state index is -3.47.